The summed E-state index contributed by atoms with van der Waals surface area (Å²) in [4.78, 5) is 24.7. The minimum absolute atomic E-state index is 0.0248. The van der Waals surface area contributed by atoms with E-state index in [1.54, 1.807) is 0 Å². The van der Waals surface area contributed by atoms with Crippen LogP contribution in [0, 0.1) is 0 Å². The van der Waals surface area contributed by atoms with E-state index in [-0.39, 0.29) is 25.8 Å². The Morgan fingerprint density at radius 1 is 0.689 bits per heavy atom. The third-order valence-corrected chi connectivity index (χ3v) is 8.47. The summed E-state index contributed by atoms with van der Waals surface area (Å²) in [5, 5.41) is 0. The highest BCUT2D eigenvalue weighted by Crippen LogP contribution is 2.38. The second-order valence-corrected chi connectivity index (χ2v) is 14.6. The Morgan fingerprint density at radius 3 is 1.84 bits per heavy atom. The van der Waals surface area contributed by atoms with E-state index in [1.807, 2.05) is 21.1 Å². The second-order valence-electron chi connectivity index (χ2n) is 13.2. The molecule has 0 saturated heterocycles. The van der Waals surface area contributed by atoms with Gasteiger partial charge in [-0.15, -0.1) is 0 Å². The number of hydrogen-bond donors (Lipinski definition) is 0. The number of ether oxygens (including phenoxy) is 2. The van der Waals surface area contributed by atoms with Crippen LogP contribution in [0.4, 0.5) is 0 Å². The molecule has 0 bridgehead atoms. The zero-order valence-electron chi connectivity index (χ0n) is 29.8. The summed E-state index contributed by atoms with van der Waals surface area (Å²) in [6.45, 7) is 5.30. The van der Waals surface area contributed by atoms with Crippen LogP contribution in [-0.4, -0.2) is 70.7 Å². The summed E-state index contributed by atoms with van der Waals surface area (Å²) in [5.41, 5.74) is 0. The highest BCUT2D eigenvalue weighted by molar-refractivity contribution is 7.45. The normalized spacial score (nSPS) is 14.4. The fourth-order valence-corrected chi connectivity index (χ4v) is 5.36. The lowest BCUT2D eigenvalue weighted by molar-refractivity contribution is -0.870. The van der Waals surface area contributed by atoms with E-state index < -0.39 is 13.9 Å². The van der Waals surface area contributed by atoms with Gasteiger partial charge in [-0.25, -0.2) is 0 Å². The Morgan fingerprint density at radius 2 is 1.22 bits per heavy atom. The van der Waals surface area contributed by atoms with Crippen LogP contribution in [0.25, 0.3) is 0 Å². The monoisotopic (exact) mass is 659 g/mol. The number of phosphoric ester groups is 1. The molecule has 0 aromatic heterocycles. The van der Waals surface area contributed by atoms with Gasteiger partial charge in [-0.3, -0.25) is 9.36 Å². The van der Waals surface area contributed by atoms with Crippen molar-refractivity contribution >= 4 is 13.8 Å². The van der Waals surface area contributed by atoms with Crippen LogP contribution >= 0.6 is 7.82 Å². The fourth-order valence-electron chi connectivity index (χ4n) is 4.63. The van der Waals surface area contributed by atoms with Crippen molar-refractivity contribution < 1.29 is 37.3 Å². The van der Waals surface area contributed by atoms with Gasteiger partial charge in [-0.05, 0) is 44.9 Å². The number of hydrogen-bond acceptors (Lipinski definition) is 7. The molecule has 0 aromatic carbocycles. The van der Waals surface area contributed by atoms with Crippen LogP contribution in [0.15, 0.2) is 24.3 Å². The third kappa shape index (κ3) is 34.1. The first kappa shape index (κ1) is 44.0. The predicted molar refractivity (Wildman–Crippen MR) is 185 cm³/mol. The summed E-state index contributed by atoms with van der Waals surface area (Å²) in [6, 6.07) is 0. The SMILES string of the molecule is CCCCC/C=C\C/C=C\CCCCCCCCOCC(COP(=O)([O-])OCC[N+](C)(C)C)OC(=O)CCCCCCCCC. The van der Waals surface area contributed by atoms with Crippen LogP contribution in [0.1, 0.15) is 142 Å². The predicted octanol–water partition coefficient (Wildman–Crippen LogP) is 9.08. The molecule has 2 atom stereocenters. The standard InChI is InChI=1S/C36H70NO7P/c1-6-8-10-12-14-15-16-17-18-19-20-21-22-24-26-28-31-41-33-35(34-43-45(39,40)42-32-30-37(3,4)5)44-36(38)29-27-25-23-13-11-9-7-2/h14-15,17-18,35H,6-13,16,19-34H2,1-5H3/b15-14-,18-17-. The van der Waals surface area contributed by atoms with Crippen LogP contribution < -0.4 is 4.89 Å². The van der Waals surface area contributed by atoms with Crippen molar-refractivity contribution in [1.82, 2.24) is 0 Å². The highest BCUT2D eigenvalue weighted by atomic mass is 31.2. The fraction of sp³-hybridized carbons (Fsp3) is 0.861. The maximum Gasteiger partial charge on any atom is 0.306 e. The lowest BCUT2D eigenvalue weighted by Crippen LogP contribution is -2.37. The van der Waals surface area contributed by atoms with E-state index in [2.05, 4.69) is 38.2 Å². The smallest absolute Gasteiger partial charge is 0.306 e. The van der Waals surface area contributed by atoms with Gasteiger partial charge in [-0.1, -0.05) is 115 Å². The van der Waals surface area contributed by atoms with Crippen molar-refractivity contribution in [3.8, 4) is 0 Å². The van der Waals surface area contributed by atoms with Gasteiger partial charge in [-0.2, -0.15) is 0 Å². The molecule has 0 spiro atoms. The van der Waals surface area contributed by atoms with Gasteiger partial charge in [0.1, 0.15) is 19.3 Å². The number of phosphoric acid groups is 1. The van der Waals surface area contributed by atoms with Gasteiger partial charge < -0.3 is 27.9 Å². The zero-order chi connectivity index (χ0) is 33.5. The average molecular weight is 660 g/mol. The summed E-state index contributed by atoms with van der Waals surface area (Å²) < 4.78 is 34.3. The number of allylic oxidation sites excluding steroid dienone is 4. The molecule has 45 heavy (non-hydrogen) atoms. The molecule has 0 aliphatic heterocycles. The Labute approximate surface area is 277 Å². The van der Waals surface area contributed by atoms with Gasteiger partial charge in [0.15, 0.2) is 0 Å². The van der Waals surface area contributed by atoms with Crippen molar-refractivity contribution in [1.29, 1.82) is 0 Å². The van der Waals surface area contributed by atoms with Gasteiger partial charge in [0.05, 0.1) is 34.4 Å². The Kier molecular flexibility index (Phi) is 29.6. The molecule has 266 valence electrons. The van der Waals surface area contributed by atoms with Crippen molar-refractivity contribution in [2.75, 3.05) is 54.1 Å². The number of esters is 1. The molecule has 0 saturated carbocycles. The Bertz CT molecular complexity index is 782. The quantitative estimate of drug-likeness (QED) is 0.0228. The highest BCUT2D eigenvalue weighted by Gasteiger charge is 2.20. The van der Waals surface area contributed by atoms with Crippen LogP contribution in [0.3, 0.4) is 0 Å². The minimum Gasteiger partial charge on any atom is -0.756 e. The van der Waals surface area contributed by atoms with E-state index in [1.165, 1.54) is 70.6 Å². The number of rotatable bonds is 33. The van der Waals surface area contributed by atoms with Crippen molar-refractivity contribution in [2.45, 2.75) is 148 Å². The Hall–Kier alpha value is -1.02. The number of unbranched alkanes of at least 4 members (excludes halogenated alkanes) is 15. The molecule has 0 heterocycles. The summed E-state index contributed by atoms with van der Waals surface area (Å²) in [5.74, 6) is -0.346. The maximum atomic E-state index is 12.5. The molecular formula is C36H70NO7P. The minimum atomic E-state index is -4.51. The molecule has 0 amide bonds. The largest absolute Gasteiger partial charge is 0.756 e. The molecule has 0 aromatic rings. The van der Waals surface area contributed by atoms with Crippen LogP contribution in [0.2, 0.25) is 0 Å². The van der Waals surface area contributed by atoms with Gasteiger partial charge in [0.25, 0.3) is 7.82 Å². The topological polar surface area (TPSA) is 94.1 Å². The first-order chi connectivity index (χ1) is 21.6. The maximum absolute atomic E-state index is 12.5. The number of carbonyl (C=O) groups excluding carboxylic acids is 1. The van der Waals surface area contributed by atoms with Gasteiger partial charge in [0, 0.05) is 13.0 Å². The van der Waals surface area contributed by atoms with Crippen LogP contribution in [0.5, 0.6) is 0 Å². The molecule has 8 nitrogen and oxygen atoms in total. The zero-order valence-corrected chi connectivity index (χ0v) is 30.7. The van der Waals surface area contributed by atoms with E-state index in [4.69, 9.17) is 18.5 Å². The van der Waals surface area contributed by atoms with E-state index in [0.29, 0.717) is 24.1 Å². The molecule has 0 rings (SSSR count). The van der Waals surface area contributed by atoms with Gasteiger partial charge in [0.2, 0.25) is 0 Å². The number of carbonyl (C=O) groups is 1. The van der Waals surface area contributed by atoms with Gasteiger partial charge >= 0.3 is 5.97 Å². The summed E-state index contributed by atoms with van der Waals surface area (Å²) >= 11 is 0. The van der Waals surface area contributed by atoms with E-state index in [0.717, 1.165) is 51.4 Å². The number of quaternary nitrogens is 1. The molecule has 0 aliphatic carbocycles. The molecule has 0 fully saturated rings. The van der Waals surface area contributed by atoms with E-state index >= 15 is 0 Å². The molecule has 0 aliphatic rings. The summed E-state index contributed by atoms with van der Waals surface area (Å²) in [7, 11) is 1.35. The van der Waals surface area contributed by atoms with E-state index in [9.17, 15) is 14.3 Å². The molecule has 9 heteroatoms. The third-order valence-electron chi connectivity index (χ3n) is 7.51. The first-order valence-corrected chi connectivity index (χ1v) is 19.5. The van der Waals surface area contributed by atoms with Crippen molar-refractivity contribution in [3.05, 3.63) is 24.3 Å². The van der Waals surface area contributed by atoms with Crippen molar-refractivity contribution in [2.24, 2.45) is 0 Å². The Balaban J connectivity index is 4.25. The molecular weight excluding hydrogens is 589 g/mol. The summed E-state index contributed by atoms with van der Waals surface area (Å²) in [6.07, 6.45) is 30.5. The average Bonchev–Trinajstić information content (AvgIpc) is 2.98. The van der Waals surface area contributed by atoms with Crippen LogP contribution in [-0.2, 0) is 27.9 Å². The molecule has 0 radical (unpaired) electrons. The number of nitrogens with zero attached hydrogens (tertiary/aromatic N) is 1. The number of likely N-dealkylation sites (N-methyl/N-ethyl adjacent to an activating group) is 1. The van der Waals surface area contributed by atoms with Crippen molar-refractivity contribution in [3.63, 3.8) is 0 Å². The lowest BCUT2D eigenvalue weighted by Gasteiger charge is -2.28. The first-order valence-electron chi connectivity index (χ1n) is 18.1. The molecule has 2 unspecified atom stereocenters. The lowest BCUT2D eigenvalue weighted by atomic mass is 10.1. The molecule has 0 N–H and O–H groups in total. The second kappa shape index (κ2) is 30.3.